The van der Waals surface area contributed by atoms with Gasteiger partial charge in [-0.15, -0.1) is 0 Å². The molecule has 0 aliphatic rings. The lowest BCUT2D eigenvalue weighted by atomic mass is 9.98. The van der Waals surface area contributed by atoms with E-state index in [-0.39, 0.29) is 6.04 Å². The van der Waals surface area contributed by atoms with Crippen LogP contribution in [0.2, 0.25) is 10.0 Å². The maximum absolute atomic E-state index is 6.10. The van der Waals surface area contributed by atoms with Gasteiger partial charge >= 0.3 is 0 Å². The van der Waals surface area contributed by atoms with Crippen molar-refractivity contribution < 1.29 is 4.74 Å². The van der Waals surface area contributed by atoms with E-state index in [9.17, 15) is 0 Å². The summed E-state index contributed by atoms with van der Waals surface area (Å²) in [6.07, 6.45) is 0. The van der Waals surface area contributed by atoms with Crippen molar-refractivity contribution in [3.63, 3.8) is 0 Å². The topological polar surface area (TPSA) is 21.3 Å². The highest BCUT2D eigenvalue weighted by molar-refractivity contribution is 6.34. The lowest BCUT2D eigenvalue weighted by Crippen LogP contribution is -2.18. The Kier molecular flexibility index (Phi) is 5.30. The molecule has 0 radical (unpaired) electrons. The highest BCUT2D eigenvalue weighted by Gasteiger charge is 2.17. The Morgan fingerprint density at radius 1 is 1.10 bits per heavy atom. The van der Waals surface area contributed by atoms with Gasteiger partial charge in [0.1, 0.15) is 5.75 Å². The van der Waals surface area contributed by atoms with Crippen molar-refractivity contribution in [1.29, 1.82) is 0 Å². The number of para-hydroxylation sites is 1. The highest BCUT2D eigenvalue weighted by Crippen LogP contribution is 2.32. The molecule has 0 aromatic heterocycles. The molecule has 0 aliphatic heterocycles. The molecule has 1 atom stereocenters. The van der Waals surface area contributed by atoms with Gasteiger partial charge in [0.2, 0.25) is 0 Å². The molecule has 2 aromatic rings. The SMILES string of the molecule is CCOc1ccccc1C(NC)c1cc(Cl)cc(Cl)c1. The number of halogens is 2. The number of rotatable bonds is 5. The van der Waals surface area contributed by atoms with E-state index in [0.29, 0.717) is 16.7 Å². The van der Waals surface area contributed by atoms with E-state index < -0.39 is 0 Å². The number of hydrogen-bond acceptors (Lipinski definition) is 2. The molecule has 4 heteroatoms. The van der Waals surface area contributed by atoms with Crippen LogP contribution in [0, 0.1) is 0 Å². The second kappa shape index (κ2) is 6.98. The van der Waals surface area contributed by atoms with E-state index in [2.05, 4.69) is 5.32 Å². The maximum Gasteiger partial charge on any atom is 0.124 e. The molecule has 0 aliphatic carbocycles. The second-order valence-electron chi connectivity index (χ2n) is 4.40. The Balaban J connectivity index is 2.46. The molecule has 0 saturated carbocycles. The summed E-state index contributed by atoms with van der Waals surface area (Å²) in [6.45, 7) is 2.60. The summed E-state index contributed by atoms with van der Waals surface area (Å²) in [5.74, 6) is 0.866. The van der Waals surface area contributed by atoms with Crippen LogP contribution in [0.3, 0.4) is 0 Å². The first kappa shape index (κ1) is 15.2. The molecule has 1 N–H and O–H groups in total. The molecule has 0 heterocycles. The van der Waals surface area contributed by atoms with Crippen molar-refractivity contribution in [1.82, 2.24) is 5.32 Å². The van der Waals surface area contributed by atoms with Crippen molar-refractivity contribution in [2.45, 2.75) is 13.0 Å². The Bertz CT molecular complexity index is 566. The molecule has 0 spiro atoms. The van der Waals surface area contributed by atoms with Gasteiger partial charge < -0.3 is 10.1 Å². The Morgan fingerprint density at radius 2 is 1.75 bits per heavy atom. The zero-order chi connectivity index (χ0) is 14.5. The summed E-state index contributed by atoms with van der Waals surface area (Å²) in [4.78, 5) is 0. The van der Waals surface area contributed by atoms with E-state index in [1.165, 1.54) is 0 Å². The lowest BCUT2D eigenvalue weighted by Gasteiger charge is -2.21. The monoisotopic (exact) mass is 309 g/mol. The number of nitrogens with one attached hydrogen (secondary N) is 1. The van der Waals surface area contributed by atoms with Gasteiger partial charge in [-0.25, -0.2) is 0 Å². The van der Waals surface area contributed by atoms with E-state index in [1.54, 1.807) is 6.07 Å². The van der Waals surface area contributed by atoms with Crippen LogP contribution in [0.5, 0.6) is 5.75 Å². The predicted molar refractivity (Wildman–Crippen MR) is 85.0 cm³/mol. The van der Waals surface area contributed by atoms with Gasteiger partial charge in [0.05, 0.1) is 12.6 Å². The van der Waals surface area contributed by atoms with E-state index in [0.717, 1.165) is 16.9 Å². The van der Waals surface area contributed by atoms with Crippen molar-refractivity contribution in [3.05, 3.63) is 63.6 Å². The molecule has 0 amide bonds. The molecule has 2 nitrogen and oxygen atoms in total. The van der Waals surface area contributed by atoms with Crippen LogP contribution in [-0.2, 0) is 0 Å². The third kappa shape index (κ3) is 3.45. The Morgan fingerprint density at radius 3 is 2.35 bits per heavy atom. The quantitative estimate of drug-likeness (QED) is 0.864. The molecule has 0 saturated heterocycles. The second-order valence-corrected chi connectivity index (χ2v) is 5.27. The van der Waals surface area contributed by atoms with Crippen LogP contribution in [0.25, 0.3) is 0 Å². The summed E-state index contributed by atoms with van der Waals surface area (Å²) >= 11 is 12.2. The minimum Gasteiger partial charge on any atom is -0.494 e. The first-order valence-electron chi connectivity index (χ1n) is 6.50. The van der Waals surface area contributed by atoms with Crippen LogP contribution in [0.1, 0.15) is 24.1 Å². The Labute approximate surface area is 129 Å². The normalized spacial score (nSPS) is 12.2. The molecule has 1 unspecified atom stereocenters. The fourth-order valence-electron chi connectivity index (χ4n) is 2.25. The zero-order valence-electron chi connectivity index (χ0n) is 11.5. The number of hydrogen-bond donors (Lipinski definition) is 1. The summed E-state index contributed by atoms with van der Waals surface area (Å²) < 4.78 is 5.70. The summed E-state index contributed by atoms with van der Waals surface area (Å²) in [5, 5.41) is 4.54. The summed E-state index contributed by atoms with van der Waals surface area (Å²) in [5.41, 5.74) is 2.08. The smallest absolute Gasteiger partial charge is 0.124 e. The van der Waals surface area contributed by atoms with Gasteiger partial charge in [-0.2, -0.15) is 0 Å². The maximum atomic E-state index is 6.10. The van der Waals surface area contributed by atoms with Gasteiger partial charge in [-0.3, -0.25) is 0 Å². The van der Waals surface area contributed by atoms with Gasteiger partial charge in [0, 0.05) is 15.6 Å². The van der Waals surface area contributed by atoms with Gasteiger partial charge in [-0.1, -0.05) is 41.4 Å². The average molecular weight is 310 g/mol. The predicted octanol–water partition coefficient (Wildman–Crippen LogP) is 4.70. The summed E-state index contributed by atoms with van der Waals surface area (Å²) in [7, 11) is 1.90. The molecule has 20 heavy (non-hydrogen) atoms. The molecule has 0 bridgehead atoms. The molecule has 0 fully saturated rings. The van der Waals surface area contributed by atoms with Crippen LogP contribution < -0.4 is 10.1 Å². The summed E-state index contributed by atoms with van der Waals surface area (Å²) in [6, 6.07) is 13.5. The zero-order valence-corrected chi connectivity index (χ0v) is 13.0. The van der Waals surface area contributed by atoms with E-state index >= 15 is 0 Å². The van der Waals surface area contributed by atoms with Crippen molar-refractivity contribution in [2.24, 2.45) is 0 Å². The van der Waals surface area contributed by atoms with Crippen LogP contribution in [-0.4, -0.2) is 13.7 Å². The van der Waals surface area contributed by atoms with Gasteiger partial charge in [-0.05, 0) is 43.8 Å². The Hall–Kier alpha value is -1.22. The highest BCUT2D eigenvalue weighted by atomic mass is 35.5. The number of benzene rings is 2. The fourth-order valence-corrected chi connectivity index (χ4v) is 2.79. The van der Waals surface area contributed by atoms with Crippen LogP contribution in [0.4, 0.5) is 0 Å². The standard InChI is InChI=1S/C16H17Cl2NO/c1-3-20-15-7-5-4-6-14(15)16(19-2)11-8-12(17)10-13(18)9-11/h4-10,16,19H,3H2,1-2H3. The van der Waals surface area contributed by atoms with E-state index in [4.69, 9.17) is 27.9 Å². The van der Waals surface area contributed by atoms with Crippen molar-refractivity contribution in [3.8, 4) is 5.75 Å². The molecular formula is C16H17Cl2NO. The first-order chi connectivity index (χ1) is 9.65. The van der Waals surface area contributed by atoms with Crippen molar-refractivity contribution in [2.75, 3.05) is 13.7 Å². The largest absolute Gasteiger partial charge is 0.494 e. The molecule has 106 valence electrons. The van der Waals surface area contributed by atoms with Crippen molar-refractivity contribution >= 4 is 23.2 Å². The molecule has 2 rings (SSSR count). The minimum atomic E-state index is -0.0195. The van der Waals surface area contributed by atoms with Gasteiger partial charge in [0.25, 0.3) is 0 Å². The fraction of sp³-hybridized carbons (Fsp3) is 0.250. The van der Waals surface area contributed by atoms with Gasteiger partial charge in [0.15, 0.2) is 0 Å². The lowest BCUT2D eigenvalue weighted by molar-refractivity contribution is 0.334. The van der Waals surface area contributed by atoms with Crippen LogP contribution in [0.15, 0.2) is 42.5 Å². The third-order valence-electron chi connectivity index (χ3n) is 3.04. The van der Waals surface area contributed by atoms with E-state index in [1.807, 2.05) is 50.4 Å². The third-order valence-corrected chi connectivity index (χ3v) is 3.47. The average Bonchev–Trinajstić information content (AvgIpc) is 2.41. The molecular weight excluding hydrogens is 293 g/mol. The van der Waals surface area contributed by atoms with Crippen LogP contribution >= 0.6 is 23.2 Å². The minimum absolute atomic E-state index is 0.0195. The number of ether oxygens (including phenoxy) is 1. The first-order valence-corrected chi connectivity index (χ1v) is 7.26. The molecule has 2 aromatic carbocycles.